The molecule has 0 radical (unpaired) electrons. The van der Waals surface area contributed by atoms with Crippen LogP contribution in [0, 0.1) is 5.41 Å². The number of benzene rings is 2. The van der Waals surface area contributed by atoms with E-state index >= 15 is 0 Å². The van der Waals surface area contributed by atoms with Gasteiger partial charge in [0.05, 0.1) is 6.04 Å². The van der Waals surface area contributed by atoms with Gasteiger partial charge in [0.2, 0.25) is 0 Å². The molecule has 0 aromatic heterocycles. The minimum absolute atomic E-state index is 0.120. The highest BCUT2D eigenvalue weighted by atomic mass is 15.4. The van der Waals surface area contributed by atoms with Gasteiger partial charge in [-0.15, -0.1) is 0 Å². The summed E-state index contributed by atoms with van der Waals surface area (Å²) in [7, 11) is 1.98. The average Bonchev–Trinajstić information content (AvgIpc) is 2.82. The molecule has 0 saturated carbocycles. The molecule has 0 bridgehead atoms. The van der Waals surface area contributed by atoms with Crippen LogP contribution in [-0.4, -0.2) is 35.9 Å². The molecule has 3 nitrogen and oxygen atoms in total. The van der Waals surface area contributed by atoms with E-state index in [9.17, 15) is 0 Å². The normalized spacial score (nSPS) is 15.2. The van der Waals surface area contributed by atoms with Gasteiger partial charge in [-0.05, 0) is 11.1 Å². The monoisotopic (exact) mass is 265 g/mol. The number of rotatable bonds is 3. The molecular formula is C17H19N3. The van der Waals surface area contributed by atoms with Crippen LogP contribution in [0.1, 0.15) is 17.2 Å². The van der Waals surface area contributed by atoms with Crippen LogP contribution >= 0.6 is 0 Å². The van der Waals surface area contributed by atoms with Crippen LogP contribution in [-0.2, 0) is 0 Å². The van der Waals surface area contributed by atoms with E-state index in [1.54, 1.807) is 0 Å². The van der Waals surface area contributed by atoms with Crippen LogP contribution < -0.4 is 0 Å². The van der Waals surface area contributed by atoms with Crippen molar-refractivity contribution in [3.8, 4) is 0 Å². The SMILES string of the molecule is CN1CCN(C(c2ccccc2)c2ccccc2)C1=N. The predicted molar refractivity (Wildman–Crippen MR) is 81.8 cm³/mol. The Morgan fingerprint density at radius 2 is 1.35 bits per heavy atom. The van der Waals surface area contributed by atoms with Crippen molar-refractivity contribution in [3.05, 3.63) is 71.8 Å². The Labute approximate surface area is 120 Å². The molecule has 0 atom stereocenters. The van der Waals surface area contributed by atoms with Crippen molar-refractivity contribution in [2.24, 2.45) is 0 Å². The summed E-state index contributed by atoms with van der Waals surface area (Å²) >= 11 is 0. The van der Waals surface area contributed by atoms with Crippen LogP contribution in [0.5, 0.6) is 0 Å². The number of guanidine groups is 1. The number of nitrogens with zero attached hydrogens (tertiary/aromatic N) is 2. The molecule has 2 aromatic carbocycles. The fourth-order valence-corrected chi connectivity index (χ4v) is 2.76. The standard InChI is InChI=1S/C17H19N3/c1-19-12-13-20(17(19)18)16(14-8-4-2-5-9-14)15-10-6-3-7-11-15/h2-11,16,18H,12-13H2,1H3. The van der Waals surface area contributed by atoms with Gasteiger partial charge < -0.3 is 9.80 Å². The number of likely N-dealkylation sites (N-methyl/N-ethyl adjacent to an activating group) is 1. The second-order valence-electron chi connectivity index (χ2n) is 5.16. The Hall–Kier alpha value is -2.29. The summed E-state index contributed by atoms with van der Waals surface area (Å²) in [6.07, 6.45) is 0. The van der Waals surface area contributed by atoms with Crippen molar-refractivity contribution in [2.45, 2.75) is 6.04 Å². The first-order chi connectivity index (χ1) is 9.77. The number of nitrogens with one attached hydrogen (secondary N) is 1. The molecule has 1 aliphatic rings. The Morgan fingerprint density at radius 3 is 1.75 bits per heavy atom. The summed E-state index contributed by atoms with van der Waals surface area (Å²) in [5.74, 6) is 0.600. The molecule has 1 saturated heterocycles. The quantitative estimate of drug-likeness (QED) is 0.925. The maximum Gasteiger partial charge on any atom is 0.194 e. The first kappa shape index (κ1) is 12.7. The van der Waals surface area contributed by atoms with Gasteiger partial charge in [0.1, 0.15) is 0 Å². The summed E-state index contributed by atoms with van der Waals surface area (Å²) < 4.78 is 0. The lowest BCUT2D eigenvalue weighted by molar-refractivity contribution is 0.390. The first-order valence-electron chi connectivity index (χ1n) is 6.93. The molecule has 1 aliphatic heterocycles. The molecule has 0 amide bonds. The molecule has 1 fully saturated rings. The van der Waals surface area contributed by atoms with Crippen LogP contribution in [0.4, 0.5) is 0 Å². The Kier molecular flexibility index (Phi) is 3.42. The van der Waals surface area contributed by atoms with Gasteiger partial charge in [-0.3, -0.25) is 5.41 Å². The van der Waals surface area contributed by atoms with E-state index in [1.165, 1.54) is 11.1 Å². The molecule has 3 heteroatoms. The highest BCUT2D eigenvalue weighted by molar-refractivity contribution is 5.79. The van der Waals surface area contributed by atoms with Crippen LogP contribution in [0.15, 0.2) is 60.7 Å². The largest absolute Gasteiger partial charge is 0.344 e. The van der Waals surface area contributed by atoms with Crippen molar-refractivity contribution < 1.29 is 0 Å². The minimum Gasteiger partial charge on any atom is -0.344 e. The summed E-state index contributed by atoms with van der Waals surface area (Å²) in [4.78, 5) is 4.17. The molecule has 20 heavy (non-hydrogen) atoms. The van der Waals surface area contributed by atoms with Gasteiger partial charge in [-0.2, -0.15) is 0 Å². The predicted octanol–water partition coefficient (Wildman–Crippen LogP) is 2.96. The van der Waals surface area contributed by atoms with Crippen LogP contribution in [0.25, 0.3) is 0 Å². The van der Waals surface area contributed by atoms with Crippen molar-refractivity contribution >= 4 is 5.96 Å². The molecule has 0 spiro atoms. The lowest BCUT2D eigenvalue weighted by Crippen LogP contribution is -2.34. The summed E-state index contributed by atoms with van der Waals surface area (Å²) in [6.45, 7) is 1.80. The van der Waals surface area contributed by atoms with Gasteiger partial charge in [0, 0.05) is 20.1 Å². The highest BCUT2D eigenvalue weighted by Crippen LogP contribution is 2.30. The molecule has 0 unspecified atom stereocenters. The molecule has 3 rings (SSSR count). The number of hydrogen-bond acceptors (Lipinski definition) is 1. The van der Waals surface area contributed by atoms with Crippen molar-refractivity contribution in [2.75, 3.05) is 20.1 Å². The van der Waals surface area contributed by atoms with Gasteiger partial charge in [-0.1, -0.05) is 60.7 Å². The molecule has 1 N–H and O–H groups in total. The summed E-state index contributed by atoms with van der Waals surface area (Å²) in [5, 5.41) is 8.29. The van der Waals surface area contributed by atoms with E-state index in [2.05, 4.69) is 53.4 Å². The third-order valence-corrected chi connectivity index (χ3v) is 3.85. The molecule has 0 aliphatic carbocycles. The van der Waals surface area contributed by atoms with E-state index in [1.807, 2.05) is 24.1 Å². The van der Waals surface area contributed by atoms with Crippen molar-refractivity contribution in [3.63, 3.8) is 0 Å². The van der Waals surface area contributed by atoms with Crippen molar-refractivity contribution in [1.29, 1.82) is 5.41 Å². The van der Waals surface area contributed by atoms with Gasteiger partial charge in [0.25, 0.3) is 0 Å². The fraction of sp³-hybridized carbons (Fsp3) is 0.235. The van der Waals surface area contributed by atoms with E-state index in [-0.39, 0.29) is 6.04 Å². The van der Waals surface area contributed by atoms with E-state index in [0.29, 0.717) is 5.96 Å². The Morgan fingerprint density at radius 1 is 0.850 bits per heavy atom. The van der Waals surface area contributed by atoms with Gasteiger partial charge in [0.15, 0.2) is 5.96 Å². The zero-order chi connectivity index (χ0) is 13.9. The fourth-order valence-electron chi connectivity index (χ4n) is 2.76. The Balaban J connectivity index is 2.03. The molecule has 1 heterocycles. The molecule has 2 aromatic rings. The van der Waals surface area contributed by atoms with E-state index < -0.39 is 0 Å². The van der Waals surface area contributed by atoms with Crippen molar-refractivity contribution in [1.82, 2.24) is 9.80 Å². The smallest absolute Gasteiger partial charge is 0.194 e. The molecule has 102 valence electrons. The minimum atomic E-state index is 0.120. The first-order valence-corrected chi connectivity index (χ1v) is 6.93. The second kappa shape index (κ2) is 5.37. The zero-order valence-electron chi connectivity index (χ0n) is 11.7. The maximum absolute atomic E-state index is 8.29. The molecular weight excluding hydrogens is 246 g/mol. The van der Waals surface area contributed by atoms with Gasteiger partial charge in [-0.25, -0.2) is 0 Å². The zero-order valence-corrected chi connectivity index (χ0v) is 11.7. The average molecular weight is 265 g/mol. The van der Waals surface area contributed by atoms with Crippen LogP contribution in [0.3, 0.4) is 0 Å². The van der Waals surface area contributed by atoms with E-state index in [0.717, 1.165) is 13.1 Å². The number of hydrogen-bond donors (Lipinski definition) is 1. The van der Waals surface area contributed by atoms with Crippen LogP contribution in [0.2, 0.25) is 0 Å². The third-order valence-electron chi connectivity index (χ3n) is 3.85. The summed E-state index contributed by atoms with van der Waals surface area (Å²) in [6, 6.07) is 21.0. The Bertz CT molecular complexity index is 540. The lowest BCUT2D eigenvalue weighted by atomic mass is 9.97. The second-order valence-corrected chi connectivity index (χ2v) is 5.16. The topological polar surface area (TPSA) is 30.3 Å². The lowest BCUT2D eigenvalue weighted by Gasteiger charge is -2.30. The maximum atomic E-state index is 8.29. The summed E-state index contributed by atoms with van der Waals surface area (Å²) in [5.41, 5.74) is 2.47. The third kappa shape index (κ3) is 2.27. The van der Waals surface area contributed by atoms with Gasteiger partial charge >= 0.3 is 0 Å². The highest BCUT2D eigenvalue weighted by Gasteiger charge is 2.30. The van der Waals surface area contributed by atoms with E-state index in [4.69, 9.17) is 5.41 Å².